The summed E-state index contributed by atoms with van der Waals surface area (Å²) in [6.07, 6.45) is 4.71. The lowest BCUT2D eigenvalue weighted by atomic mass is 9.99. The first kappa shape index (κ1) is 23.7. The summed E-state index contributed by atoms with van der Waals surface area (Å²) in [6.45, 7) is 16.0. The van der Waals surface area contributed by atoms with Gasteiger partial charge in [-0.2, -0.15) is 0 Å². The SMILES string of the molecule is CCNC(=NCc1cc(C(CC)CC)no1)NC1CCN(CCOC(C)C)CC1. The molecule has 0 aliphatic carbocycles. The number of aliphatic imine (C=N–C) groups is 1. The second-order valence-electron chi connectivity index (χ2n) is 8.11. The van der Waals surface area contributed by atoms with E-state index in [0.717, 1.165) is 75.9 Å². The molecule has 0 radical (unpaired) electrons. The number of likely N-dealkylation sites (tertiary alicyclic amines) is 1. The Balaban J connectivity index is 1.81. The van der Waals surface area contributed by atoms with E-state index in [1.165, 1.54) is 0 Å². The third-order valence-corrected chi connectivity index (χ3v) is 5.51. The summed E-state index contributed by atoms with van der Waals surface area (Å²) in [7, 11) is 0. The number of hydrogen-bond donors (Lipinski definition) is 2. The molecule has 1 fully saturated rings. The van der Waals surface area contributed by atoms with Crippen molar-refractivity contribution in [3.05, 3.63) is 17.5 Å². The molecule has 1 aromatic heterocycles. The second kappa shape index (κ2) is 12.9. The molecular formula is C22H41N5O2. The molecule has 0 unspecified atom stereocenters. The summed E-state index contributed by atoms with van der Waals surface area (Å²) in [4.78, 5) is 7.20. The first-order valence-electron chi connectivity index (χ1n) is 11.4. The summed E-state index contributed by atoms with van der Waals surface area (Å²) < 4.78 is 11.2. The highest BCUT2D eigenvalue weighted by Gasteiger charge is 2.20. The number of rotatable bonds is 11. The van der Waals surface area contributed by atoms with E-state index >= 15 is 0 Å². The fraction of sp³-hybridized carbons (Fsp3) is 0.818. The van der Waals surface area contributed by atoms with Gasteiger partial charge in [-0.05, 0) is 46.5 Å². The lowest BCUT2D eigenvalue weighted by Gasteiger charge is -2.33. The van der Waals surface area contributed by atoms with Crippen molar-refractivity contribution in [1.29, 1.82) is 0 Å². The van der Waals surface area contributed by atoms with Gasteiger partial charge in [0.25, 0.3) is 0 Å². The number of piperidine rings is 1. The molecule has 1 saturated heterocycles. The fourth-order valence-corrected chi connectivity index (χ4v) is 3.69. The van der Waals surface area contributed by atoms with Crippen LogP contribution in [0.1, 0.15) is 77.7 Å². The minimum Gasteiger partial charge on any atom is -0.377 e. The molecule has 0 bridgehead atoms. The molecule has 2 heterocycles. The van der Waals surface area contributed by atoms with Gasteiger partial charge in [-0.15, -0.1) is 0 Å². The molecule has 1 aliphatic rings. The summed E-state index contributed by atoms with van der Waals surface area (Å²) >= 11 is 0. The Labute approximate surface area is 176 Å². The van der Waals surface area contributed by atoms with Crippen molar-refractivity contribution in [3.8, 4) is 0 Å². The van der Waals surface area contributed by atoms with Crippen LogP contribution >= 0.6 is 0 Å². The minimum absolute atomic E-state index is 0.309. The molecule has 29 heavy (non-hydrogen) atoms. The van der Waals surface area contributed by atoms with E-state index in [4.69, 9.17) is 14.3 Å². The predicted octanol–water partition coefficient (Wildman–Crippen LogP) is 3.52. The number of ether oxygens (including phenoxy) is 1. The highest BCUT2D eigenvalue weighted by Crippen LogP contribution is 2.22. The topological polar surface area (TPSA) is 74.9 Å². The Hall–Kier alpha value is -1.60. The van der Waals surface area contributed by atoms with Gasteiger partial charge in [0, 0.05) is 44.2 Å². The van der Waals surface area contributed by atoms with Crippen LogP contribution in [0.3, 0.4) is 0 Å². The Bertz CT molecular complexity index is 590. The van der Waals surface area contributed by atoms with Gasteiger partial charge in [0.05, 0.1) is 18.4 Å². The van der Waals surface area contributed by atoms with Crippen molar-refractivity contribution in [2.75, 3.05) is 32.8 Å². The van der Waals surface area contributed by atoms with Crippen LogP contribution in [0.4, 0.5) is 0 Å². The van der Waals surface area contributed by atoms with E-state index in [9.17, 15) is 0 Å². The zero-order chi connectivity index (χ0) is 21.1. The smallest absolute Gasteiger partial charge is 0.191 e. The van der Waals surface area contributed by atoms with Crippen molar-refractivity contribution >= 4 is 5.96 Å². The number of guanidine groups is 1. The lowest BCUT2D eigenvalue weighted by molar-refractivity contribution is 0.0532. The van der Waals surface area contributed by atoms with Gasteiger partial charge >= 0.3 is 0 Å². The molecule has 7 nitrogen and oxygen atoms in total. The standard InChI is InChI=1S/C22H41N5O2/c1-6-18(7-2)21-15-20(29-26-21)16-24-22(23-8-3)25-19-9-11-27(12-10-19)13-14-28-17(4)5/h15,17-19H,6-14,16H2,1-5H3,(H2,23,24,25). The van der Waals surface area contributed by atoms with Gasteiger partial charge in [0.2, 0.25) is 0 Å². The Morgan fingerprint density at radius 1 is 1.28 bits per heavy atom. The Morgan fingerprint density at radius 2 is 2.00 bits per heavy atom. The normalized spacial score (nSPS) is 16.7. The van der Waals surface area contributed by atoms with Gasteiger partial charge < -0.3 is 24.8 Å². The van der Waals surface area contributed by atoms with Crippen LogP contribution in [0.25, 0.3) is 0 Å². The number of hydrogen-bond acceptors (Lipinski definition) is 5. The molecule has 0 aromatic carbocycles. The largest absolute Gasteiger partial charge is 0.377 e. The van der Waals surface area contributed by atoms with E-state index < -0.39 is 0 Å². The zero-order valence-corrected chi connectivity index (χ0v) is 19.0. The maximum absolute atomic E-state index is 5.67. The van der Waals surface area contributed by atoms with Crippen molar-refractivity contribution in [1.82, 2.24) is 20.7 Å². The average molecular weight is 408 g/mol. The van der Waals surface area contributed by atoms with Crippen molar-refractivity contribution in [3.63, 3.8) is 0 Å². The maximum Gasteiger partial charge on any atom is 0.191 e. The molecule has 7 heteroatoms. The molecular weight excluding hydrogens is 366 g/mol. The number of nitrogens with one attached hydrogen (secondary N) is 2. The minimum atomic E-state index is 0.309. The van der Waals surface area contributed by atoms with Crippen molar-refractivity contribution < 1.29 is 9.26 Å². The van der Waals surface area contributed by atoms with E-state index in [1.807, 2.05) is 0 Å². The van der Waals surface area contributed by atoms with Crippen LogP contribution in [-0.4, -0.2) is 60.9 Å². The fourth-order valence-electron chi connectivity index (χ4n) is 3.69. The third kappa shape index (κ3) is 8.34. The van der Waals surface area contributed by atoms with Gasteiger partial charge in [0.1, 0.15) is 6.54 Å². The van der Waals surface area contributed by atoms with Crippen molar-refractivity contribution in [2.45, 2.75) is 84.9 Å². The first-order chi connectivity index (χ1) is 14.0. The molecule has 0 saturated carbocycles. The highest BCUT2D eigenvalue weighted by molar-refractivity contribution is 5.80. The number of nitrogens with zero attached hydrogens (tertiary/aromatic N) is 3. The summed E-state index contributed by atoms with van der Waals surface area (Å²) in [5.41, 5.74) is 1.05. The van der Waals surface area contributed by atoms with Gasteiger partial charge in [-0.3, -0.25) is 0 Å². The van der Waals surface area contributed by atoms with Gasteiger partial charge in [-0.25, -0.2) is 4.99 Å². The van der Waals surface area contributed by atoms with E-state index in [0.29, 0.717) is 24.6 Å². The van der Waals surface area contributed by atoms with Crippen LogP contribution in [0.15, 0.2) is 15.6 Å². The number of aromatic nitrogens is 1. The van der Waals surface area contributed by atoms with Crippen LogP contribution in [-0.2, 0) is 11.3 Å². The monoisotopic (exact) mass is 407 g/mol. The van der Waals surface area contributed by atoms with Gasteiger partial charge in [-0.1, -0.05) is 19.0 Å². The maximum atomic E-state index is 5.67. The third-order valence-electron chi connectivity index (χ3n) is 5.51. The molecule has 166 valence electrons. The van der Waals surface area contributed by atoms with Crippen LogP contribution in [0.5, 0.6) is 0 Å². The van der Waals surface area contributed by atoms with Gasteiger partial charge in [0.15, 0.2) is 11.7 Å². The molecule has 0 atom stereocenters. The quantitative estimate of drug-likeness (QED) is 0.432. The van der Waals surface area contributed by atoms with Crippen LogP contribution < -0.4 is 10.6 Å². The highest BCUT2D eigenvalue weighted by atomic mass is 16.5. The second-order valence-corrected chi connectivity index (χ2v) is 8.11. The average Bonchev–Trinajstić information content (AvgIpc) is 3.17. The lowest BCUT2D eigenvalue weighted by Crippen LogP contribution is -2.49. The van der Waals surface area contributed by atoms with E-state index in [2.05, 4.69) is 61.4 Å². The molecule has 1 aromatic rings. The Kier molecular flexibility index (Phi) is 10.5. The van der Waals surface area contributed by atoms with Crippen molar-refractivity contribution in [2.24, 2.45) is 4.99 Å². The Morgan fingerprint density at radius 3 is 2.62 bits per heavy atom. The van der Waals surface area contributed by atoms with Crippen LogP contribution in [0.2, 0.25) is 0 Å². The summed E-state index contributed by atoms with van der Waals surface area (Å²) in [5.74, 6) is 2.15. The first-order valence-corrected chi connectivity index (χ1v) is 11.4. The summed E-state index contributed by atoms with van der Waals surface area (Å²) in [5, 5.41) is 11.2. The van der Waals surface area contributed by atoms with Crippen LogP contribution in [0, 0.1) is 0 Å². The van der Waals surface area contributed by atoms with E-state index in [1.54, 1.807) is 0 Å². The molecule has 0 spiro atoms. The molecule has 2 rings (SSSR count). The van der Waals surface area contributed by atoms with E-state index in [-0.39, 0.29) is 0 Å². The molecule has 0 amide bonds. The predicted molar refractivity (Wildman–Crippen MR) is 118 cm³/mol. The zero-order valence-electron chi connectivity index (χ0n) is 19.0. The summed E-state index contributed by atoms with van der Waals surface area (Å²) in [6, 6.07) is 2.51. The molecule has 2 N–H and O–H groups in total. The molecule has 1 aliphatic heterocycles.